The molecule has 2 rings (SSSR count). The van der Waals surface area contributed by atoms with E-state index in [2.05, 4.69) is 0 Å². The molecule has 0 saturated carbocycles. The number of benzene rings is 1. The van der Waals surface area contributed by atoms with Crippen LogP contribution >= 0.6 is 0 Å². The lowest BCUT2D eigenvalue weighted by Gasteiger charge is -2.23. The van der Waals surface area contributed by atoms with E-state index in [-0.39, 0.29) is 6.79 Å². The van der Waals surface area contributed by atoms with Gasteiger partial charge in [-0.05, 0) is 18.6 Å². The van der Waals surface area contributed by atoms with Crippen LogP contribution in [0.5, 0.6) is 11.5 Å². The molecule has 1 aromatic carbocycles. The third kappa shape index (κ3) is 2.34. The Hall–Kier alpha value is -1.91. The highest BCUT2D eigenvalue weighted by Crippen LogP contribution is 2.37. The molecule has 0 saturated heterocycles. The first-order valence-corrected chi connectivity index (χ1v) is 5.83. The summed E-state index contributed by atoms with van der Waals surface area (Å²) >= 11 is 0. The van der Waals surface area contributed by atoms with E-state index in [1.54, 1.807) is 6.92 Å². The number of anilines is 1. The van der Waals surface area contributed by atoms with E-state index >= 15 is 0 Å². The van der Waals surface area contributed by atoms with Crippen molar-refractivity contribution in [3.05, 3.63) is 17.7 Å². The van der Waals surface area contributed by atoms with Crippen LogP contribution in [0.4, 0.5) is 5.69 Å². The predicted molar refractivity (Wildman–Crippen MR) is 67.4 cm³/mol. The predicted octanol–water partition coefficient (Wildman–Crippen LogP) is 1.88. The average Bonchev–Trinajstić information content (AvgIpc) is 2.74. The van der Waals surface area contributed by atoms with E-state index in [1.165, 1.54) is 0 Å². The molecule has 18 heavy (non-hydrogen) atoms. The van der Waals surface area contributed by atoms with E-state index in [9.17, 15) is 4.79 Å². The summed E-state index contributed by atoms with van der Waals surface area (Å²) in [6.07, 6.45) is 0. The Labute approximate surface area is 106 Å². The monoisotopic (exact) mass is 251 g/mol. The topological polar surface area (TPSA) is 59.0 Å². The summed E-state index contributed by atoms with van der Waals surface area (Å²) in [5.41, 5.74) is 2.01. The van der Waals surface area contributed by atoms with Crippen molar-refractivity contribution in [3.63, 3.8) is 0 Å². The Morgan fingerprint density at radius 2 is 2.06 bits per heavy atom. The van der Waals surface area contributed by atoms with E-state index in [1.807, 2.05) is 31.0 Å². The summed E-state index contributed by atoms with van der Waals surface area (Å²) < 4.78 is 10.6. The summed E-state index contributed by atoms with van der Waals surface area (Å²) in [5, 5.41) is 8.93. The van der Waals surface area contributed by atoms with Gasteiger partial charge in [-0.2, -0.15) is 0 Å². The molecule has 98 valence electrons. The van der Waals surface area contributed by atoms with Gasteiger partial charge in [0.15, 0.2) is 11.5 Å². The lowest BCUT2D eigenvalue weighted by molar-refractivity contribution is -0.140. The third-order valence-electron chi connectivity index (χ3n) is 3.07. The summed E-state index contributed by atoms with van der Waals surface area (Å²) in [6.45, 7) is 4.36. The third-order valence-corrected chi connectivity index (χ3v) is 3.07. The molecule has 0 aromatic heterocycles. The second-order valence-corrected chi connectivity index (χ2v) is 4.61. The Morgan fingerprint density at radius 3 is 2.67 bits per heavy atom. The van der Waals surface area contributed by atoms with Crippen molar-refractivity contribution >= 4 is 11.7 Å². The van der Waals surface area contributed by atoms with Crippen LogP contribution in [0.15, 0.2) is 12.1 Å². The molecule has 1 aliphatic rings. The molecule has 1 N–H and O–H groups in total. The second kappa shape index (κ2) is 4.76. The average molecular weight is 251 g/mol. The molecule has 0 amide bonds. The van der Waals surface area contributed by atoms with Crippen LogP contribution in [0.25, 0.3) is 0 Å². The van der Waals surface area contributed by atoms with Gasteiger partial charge in [0.2, 0.25) is 6.79 Å². The molecule has 1 atom stereocenters. The van der Waals surface area contributed by atoms with Gasteiger partial charge >= 0.3 is 5.97 Å². The van der Waals surface area contributed by atoms with E-state index in [4.69, 9.17) is 14.6 Å². The number of carboxylic acid groups (broad SMARTS) is 1. The van der Waals surface area contributed by atoms with Crippen LogP contribution < -0.4 is 14.4 Å². The zero-order valence-electron chi connectivity index (χ0n) is 10.8. The van der Waals surface area contributed by atoms with Crippen LogP contribution in [0.3, 0.4) is 0 Å². The molecule has 0 spiro atoms. The van der Waals surface area contributed by atoms with Crippen molar-refractivity contribution in [1.29, 1.82) is 0 Å². The number of nitrogens with zero attached hydrogens (tertiary/aromatic N) is 1. The lowest BCUT2D eigenvalue weighted by atomic mass is 10.1. The normalized spacial score (nSPS) is 14.4. The summed E-state index contributed by atoms with van der Waals surface area (Å²) in [7, 11) is 1.88. The van der Waals surface area contributed by atoms with Crippen LogP contribution in [0, 0.1) is 12.8 Å². The molecule has 1 heterocycles. The molecule has 1 unspecified atom stereocenters. The molecular formula is C13H17NO4. The molecule has 1 aliphatic heterocycles. The maximum atomic E-state index is 10.9. The number of carbonyl (C=O) groups is 1. The van der Waals surface area contributed by atoms with Gasteiger partial charge in [0.25, 0.3) is 0 Å². The van der Waals surface area contributed by atoms with Gasteiger partial charge in [-0.15, -0.1) is 0 Å². The maximum Gasteiger partial charge on any atom is 0.308 e. The molecule has 0 aliphatic carbocycles. The highest BCUT2D eigenvalue weighted by molar-refractivity contribution is 5.71. The van der Waals surface area contributed by atoms with Gasteiger partial charge in [0.05, 0.1) is 5.92 Å². The maximum absolute atomic E-state index is 10.9. The minimum absolute atomic E-state index is 0.244. The SMILES string of the molecule is Cc1cc2c(cc1N(C)CC(C)C(=O)O)OCO2. The van der Waals surface area contributed by atoms with Gasteiger partial charge in [-0.3, -0.25) is 4.79 Å². The number of hydrogen-bond acceptors (Lipinski definition) is 4. The Balaban J connectivity index is 2.20. The molecule has 0 radical (unpaired) electrons. The number of carboxylic acids is 1. The van der Waals surface area contributed by atoms with Crippen molar-refractivity contribution in [2.45, 2.75) is 13.8 Å². The number of hydrogen-bond donors (Lipinski definition) is 1. The molecule has 1 aromatic rings. The van der Waals surface area contributed by atoms with Crippen LogP contribution in [-0.4, -0.2) is 31.5 Å². The summed E-state index contributed by atoms with van der Waals surface area (Å²) in [4.78, 5) is 12.8. The number of aryl methyl sites for hydroxylation is 1. The smallest absolute Gasteiger partial charge is 0.308 e. The van der Waals surface area contributed by atoms with Gasteiger partial charge in [-0.25, -0.2) is 0 Å². The van der Waals surface area contributed by atoms with Crippen molar-refractivity contribution in [3.8, 4) is 11.5 Å². The minimum Gasteiger partial charge on any atom is -0.481 e. The first-order valence-electron chi connectivity index (χ1n) is 5.83. The fraction of sp³-hybridized carbons (Fsp3) is 0.462. The van der Waals surface area contributed by atoms with Crippen molar-refractivity contribution in [2.75, 3.05) is 25.3 Å². The first-order chi connectivity index (χ1) is 8.49. The van der Waals surface area contributed by atoms with Gasteiger partial charge < -0.3 is 19.5 Å². The van der Waals surface area contributed by atoms with E-state index in [0.717, 1.165) is 17.0 Å². The highest BCUT2D eigenvalue weighted by atomic mass is 16.7. The molecule has 0 bridgehead atoms. The van der Waals surface area contributed by atoms with Crippen LogP contribution in [0.2, 0.25) is 0 Å². The Morgan fingerprint density at radius 1 is 1.44 bits per heavy atom. The number of aliphatic carboxylic acids is 1. The van der Waals surface area contributed by atoms with E-state index < -0.39 is 11.9 Å². The summed E-state index contributed by atoms with van der Waals surface area (Å²) in [5.74, 6) is 0.251. The fourth-order valence-electron chi connectivity index (χ4n) is 2.03. The molecule has 5 nitrogen and oxygen atoms in total. The van der Waals surface area contributed by atoms with Gasteiger partial charge in [-0.1, -0.05) is 6.92 Å². The standard InChI is InChI=1S/C13H17NO4/c1-8-4-11-12(18-7-17-11)5-10(8)14(3)6-9(2)13(15)16/h4-5,9H,6-7H2,1-3H3,(H,15,16). The van der Waals surface area contributed by atoms with Gasteiger partial charge in [0.1, 0.15) is 0 Å². The zero-order chi connectivity index (χ0) is 13.3. The number of rotatable bonds is 4. The number of ether oxygens (including phenoxy) is 2. The minimum atomic E-state index is -0.791. The summed E-state index contributed by atoms with van der Waals surface area (Å²) in [6, 6.07) is 3.81. The highest BCUT2D eigenvalue weighted by Gasteiger charge is 2.19. The quantitative estimate of drug-likeness (QED) is 0.885. The second-order valence-electron chi connectivity index (χ2n) is 4.61. The largest absolute Gasteiger partial charge is 0.481 e. The van der Waals surface area contributed by atoms with Crippen molar-refractivity contribution < 1.29 is 19.4 Å². The first kappa shape index (κ1) is 12.5. The zero-order valence-corrected chi connectivity index (χ0v) is 10.8. The fourth-order valence-corrected chi connectivity index (χ4v) is 2.03. The van der Waals surface area contributed by atoms with E-state index in [0.29, 0.717) is 12.3 Å². The molecule has 5 heteroatoms. The Kier molecular flexibility index (Phi) is 3.32. The molecular weight excluding hydrogens is 234 g/mol. The van der Waals surface area contributed by atoms with Gasteiger partial charge in [0, 0.05) is 25.3 Å². The van der Waals surface area contributed by atoms with Crippen LogP contribution in [0.1, 0.15) is 12.5 Å². The molecule has 0 fully saturated rings. The number of fused-ring (bicyclic) bond motifs is 1. The van der Waals surface area contributed by atoms with Crippen LogP contribution in [-0.2, 0) is 4.79 Å². The van der Waals surface area contributed by atoms with Crippen molar-refractivity contribution in [1.82, 2.24) is 0 Å². The lowest BCUT2D eigenvalue weighted by Crippen LogP contribution is -2.28. The van der Waals surface area contributed by atoms with Crippen molar-refractivity contribution in [2.24, 2.45) is 5.92 Å². The Bertz CT molecular complexity index is 472.